The van der Waals surface area contributed by atoms with Gasteiger partial charge in [-0.1, -0.05) is 13.0 Å². The highest BCUT2D eigenvalue weighted by Crippen LogP contribution is 2.32. The normalized spacial score (nSPS) is 10.2. The van der Waals surface area contributed by atoms with Gasteiger partial charge in [-0.2, -0.15) is 5.26 Å². The average Bonchev–Trinajstić information content (AvgIpc) is 2.45. The molecule has 21 heavy (non-hydrogen) atoms. The van der Waals surface area contributed by atoms with Crippen molar-refractivity contribution in [1.29, 1.82) is 5.26 Å². The number of benzene rings is 2. The maximum atomic E-state index is 13.8. The molecule has 0 saturated heterocycles. The lowest BCUT2D eigenvalue weighted by Gasteiger charge is -2.12. The molecular weight excluding hydrogens is 358 g/mol. The van der Waals surface area contributed by atoms with Crippen LogP contribution >= 0.6 is 27.7 Å². The first-order valence-electron chi connectivity index (χ1n) is 6.14. The number of rotatable bonds is 4. The van der Waals surface area contributed by atoms with Crippen LogP contribution < -0.4 is 5.32 Å². The average molecular weight is 369 g/mol. The van der Waals surface area contributed by atoms with Gasteiger partial charge >= 0.3 is 0 Å². The second-order valence-corrected chi connectivity index (χ2v) is 6.25. The van der Waals surface area contributed by atoms with Crippen molar-refractivity contribution in [2.24, 2.45) is 0 Å². The fourth-order valence-electron chi connectivity index (χ4n) is 1.79. The number of nitrogens with zero attached hydrogens (tertiary/aromatic N) is 1. The zero-order valence-electron chi connectivity index (χ0n) is 11.1. The van der Waals surface area contributed by atoms with Gasteiger partial charge in [0.15, 0.2) is 0 Å². The van der Waals surface area contributed by atoms with E-state index in [4.69, 9.17) is 0 Å². The predicted molar refractivity (Wildman–Crippen MR) is 84.9 cm³/mol. The first-order chi connectivity index (χ1) is 10.1. The number of anilines is 2. The minimum Gasteiger partial charge on any atom is -0.352 e. The van der Waals surface area contributed by atoms with Crippen LogP contribution in [-0.4, -0.2) is 5.75 Å². The van der Waals surface area contributed by atoms with E-state index in [-0.39, 0.29) is 10.2 Å². The van der Waals surface area contributed by atoms with Gasteiger partial charge in [0.25, 0.3) is 0 Å². The van der Waals surface area contributed by atoms with Crippen molar-refractivity contribution in [1.82, 2.24) is 0 Å². The molecule has 0 aliphatic rings. The monoisotopic (exact) mass is 368 g/mol. The van der Waals surface area contributed by atoms with Crippen molar-refractivity contribution < 1.29 is 8.78 Å². The Kier molecular flexibility index (Phi) is 5.21. The number of halogens is 3. The Bertz CT molecular complexity index is 714. The van der Waals surface area contributed by atoms with Crippen molar-refractivity contribution in [2.75, 3.05) is 11.1 Å². The van der Waals surface area contributed by atoms with E-state index in [1.807, 2.05) is 13.0 Å². The molecule has 2 aromatic rings. The van der Waals surface area contributed by atoms with E-state index in [9.17, 15) is 14.0 Å². The summed E-state index contributed by atoms with van der Waals surface area (Å²) in [6.07, 6.45) is 0. The standard InChI is InChI=1S/C15H11BrF2N2S/c1-2-21-15-5-3-4-13(9(15)8-19)20-14-6-10(16)11(17)7-12(14)18/h3-7,20H,2H2,1H3. The molecule has 0 unspecified atom stereocenters. The molecule has 0 aliphatic carbocycles. The van der Waals surface area contributed by atoms with Crippen molar-refractivity contribution in [2.45, 2.75) is 11.8 Å². The van der Waals surface area contributed by atoms with Crippen LogP contribution in [0.2, 0.25) is 0 Å². The van der Waals surface area contributed by atoms with E-state index in [0.717, 1.165) is 16.7 Å². The van der Waals surface area contributed by atoms with Gasteiger partial charge in [-0.05, 0) is 39.9 Å². The van der Waals surface area contributed by atoms with E-state index < -0.39 is 11.6 Å². The summed E-state index contributed by atoms with van der Waals surface area (Å²) in [4.78, 5) is 0.826. The highest BCUT2D eigenvalue weighted by molar-refractivity contribution is 9.10. The summed E-state index contributed by atoms with van der Waals surface area (Å²) in [7, 11) is 0. The summed E-state index contributed by atoms with van der Waals surface area (Å²) in [5, 5.41) is 12.2. The maximum absolute atomic E-state index is 13.8. The third-order valence-corrected chi connectivity index (χ3v) is 4.26. The highest BCUT2D eigenvalue weighted by Gasteiger charge is 2.12. The summed E-state index contributed by atoms with van der Waals surface area (Å²) >= 11 is 4.55. The van der Waals surface area contributed by atoms with Crippen LogP contribution in [0.5, 0.6) is 0 Å². The molecule has 2 nitrogen and oxygen atoms in total. The van der Waals surface area contributed by atoms with Gasteiger partial charge in [-0.15, -0.1) is 11.8 Å². The molecule has 6 heteroatoms. The Labute approximate surface area is 134 Å². The van der Waals surface area contributed by atoms with E-state index in [0.29, 0.717) is 11.3 Å². The Hall–Kier alpha value is -1.58. The van der Waals surface area contributed by atoms with Crippen molar-refractivity contribution in [3.05, 3.63) is 52.0 Å². The van der Waals surface area contributed by atoms with Crippen LogP contribution in [0.1, 0.15) is 12.5 Å². The van der Waals surface area contributed by atoms with E-state index >= 15 is 0 Å². The summed E-state index contributed by atoms with van der Waals surface area (Å²) < 4.78 is 27.2. The molecule has 0 amide bonds. The van der Waals surface area contributed by atoms with Crippen LogP contribution in [0.15, 0.2) is 39.7 Å². The van der Waals surface area contributed by atoms with Gasteiger partial charge < -0.3 is 5.32 Å². The smallest absolute Gasteiger partial charge is 0.149 e. The van der Waals surface area contributed by atoms with Crippen molar-refractivity contribution >= 4 is 39.1 Å². The summed E-state index contributed by atoms with van der Waals surface area (Å²) in [6.45, 7) is 1.99. The van der Waals surface area contributed by atoms with Gasteiger partial charge in [0.2, 0.25) is 0 Å². The fourth-order valence-corrected chi connectivity index (χ4v) is 2.92. The quantitative estimate of drug-likeness (QED) is 0.575. The summed E-state index contributed by atoms with van der Waals surface area (Å²) in [6, 6.07) is 9.55. The molecule has 1 N–H and O–H groups in total. The largest absolute Gasteiger partial charge is 0.352 e. The molecular formula is C15H11BrF2N2S. The van der Waals surface area contributed by atoms with E-state index in [1.54, 1.807) is 12.1 Å². The zero-order valence-corrected chi connectivity index (χ0v) is 13.5. The van der Waals surface area contributed by atoms with Gasteiger partial charge in [0.1, 0.15) is 17.7 Å². The summed E-state index contributed by atoms with van der Waals surface area (Å²) in [5.41, 5.74) is 1.05. The number of hydrogen-bond acceptors (Lipinski definition) is 3. The van der Waals surface area contributed by atoms with Gasteiger partial charge in [-0.3, -0.25) is 0 Å². The van der Waals surface area contributed by atoms with Crippen LogP contribution in [0.25, 0.3) is 0 Å². The molecule has 2 aromatic carbocycles. The molecule has 0 spiro atoms. The second kappa shape index (κ2) is 6.92. The number of nitriles is 1. The van der Waals surface area contributed by atoms with Crippen molar-refractivity contribution in [3.63, 3.8) is 0 Å². The molecule has 0 aromatic heterocycles. The third kappa shape index (κ3) is 3.55. The van der Waals surface area contributed by atoms with Gasteiger partial charge in [0, 0.05) is 11.0 Å². The van der Waals surface area contributed by atoms with Crippen molar-refractivity contribution in [3.8, 4) is 6.07 Å². The number of nitrogens with one attached hydrogen (secondary N) is 1. The lowest BCUT2D eigenvalue weighted by molar-refractivity contribution is 0.581. The molecule has 0 atom stereocenters. The van der Waals surface area contributed by atoms with Crippen LogP contribution in [-0.2, 0) is 0 Å². The minimum atomic E-state index is -0.715. The Morgan fingerprint density at radius 2 is 2.00 bits per heavy atom. The Morgan fingerprint density at radius 1 is 1.24 bits per heavy atom. The number of thioether (sulfide) groups is 1. The molecule has 0 saturated carbocycles. The number of hydrogen-bond donors (Lipinski definition) is 1. The molecule has 0 radical (unpaired) electrons. The molecule has 0 bridgehead atoms. The fraction of sp³-hybridized carbons (Fsp3) is 0.133. The Balaban J connectivity index is 2.43. The topological polar surface area (TPSA) is 35.8 Å². The first-order valence-corrected chi connectivity index (χ1v) is 7.92. The minimum absolute atomic E-state index is 0.110. The molecule has 0 heterocycles. The first kappa shape index (κ1) is 15.8. The summed E-state index contributed by atoms with van der Waals surface area (Å²) in [5.74, 6) is -0.559. The van der Waals surface area contributed by atoms with Crippen LogP contribution in [0.3, 0.4) is 0 Å². The predicted octanol–water partition coefficient (Wildman–Crippen LogP) is 5.45. The van der Waals surface area contributed by atoms with E-state index in [1.165, 1.54) is 17.8 Å². The zero-order chi connectivity index (χ0) is 15.4. The van der Waals surface area contributed by atoms with Gasteiger partial charge in [-0.25, -0.2) is 8.78 Å². The van der Waals surface area contributed by atoms with Crippen LogP contribution in [0, 0.1) is 23.0 Å². The molecule has 0 fully saturated rings. The third-order valence-electron chi connectivity index (χ3n) is 2.72. The maximum Gasteiger partial charge on any atom is 0.149 e. The lowest BCUT2D eigenvalue weighted by atomic mass is 10.2. The lowest BCUT2D eigenvalue weighted by Crippen LogP contribution is -1.98. The second-order valence-electron chi connectivity index (χ2n) is 4.09. The van der Waals surface area contributed by atoms with E-state index in [2.05, 4.69) is 27.3 Å². The Morgan fingerprint density at radius 3 is 2.67 bits per heavy atom. The molecule has 0 aliphatic heterocycles. The highest BCUT2D eigenvalue weighted by atomic mass is 79.9. The molecule has 2 rings (SSSR count). The van der Waals surface area contributed by atoms with Crippen LogP contribution in [0.4, 0.5) is 20.2 Å². The van der Waals surface area contributed by atoms with Gasteiger partial charge in [0.05, 0.1) is 21.4 Å². The SMILES string of the molecule is CCSc1cccc(Nc2cc(Br)c(F)cc2F)c1C#N. The molecule has 108 valence electrons.